The number of fused-ring (bicyclic) bond motifs is 3. The molecule has 0 saturated heterocycles. The van der Waals surface area contributed by atoms with Crippen molar-refractivity contribution in [2.45, 2.75) is 46.8 Å². The zero-order valence-corrected chi connectivity index (χ0v) is 16.3. The van der Waals surface area contributed by atoms with Crippen molar-refractivity contribution in [1.29, 1.82) is 5.26 Å². The summed E-state index contributed by atoms with van der Waals surface area (Å²) in [6, 6.07) is 6.48. The van der Waals surface area contributed by atoms with Crippen LogP contribution in [-0.4, -0.2) is 30.7 Å². The zero-order valence-electron chi connectivity index (χ0n) is 16.3. The Bertz CT molecular complexity index is 1220. The van der Waals surface area contributed by atoms with Crippen molar-refractivity contribution in [3.63, 3.8) is 0 Å². The summed E-state index contributed by atoms with van der Waals surface area (Å²) in [5.74, 6) is 0.00741. The predicted molar refractivity (Wildman–Crippen MR) is 104 cm³/mol. The molecule has 9 heteroatoms. The predicted octanol–water partition coefficient (Wildman–Crippen LogP) is 1.13. The molecule has 0 bridgehead atoms. The second-order valence-corrected chi connectivity index (χ2v) is 7.40. The maximum atomic E-state index is 13.0. The maximum Gasteiger partial charge on any atom is 0.353 e. The third kappa shape index (κ3) is 3.29. The average molecular weight is 382 g/mol. The Labute approximate surface area is 160 Å². The van der Waals surface area contributed by atoms with Crippen molar-refractivity contribution in [3.05, 3.63) is 44.6 Å². The Morgan fingerprint density at radius 2 is 1.96 bits per heavy atom. The van der Waals surface area contributed by atoms with E-state index in [-0.39, 0.29) is 35.7 Å². The largest absolute Gasteiger partial charge is 0.353 e. The molecule has 0 atom stereocenters. The molecule has 1 amide bonds. The summed E-state index contributed by atoms with van der Waals surface area (Å²) in [7, 11) is 0. The van der Waals surface area contributed by atoms with Gasteiger partial charge < -0.3 is 5.32 Å². The molecule has 0 spiro atoms. The first kappa shape index (κ1) is 19.4. The van der Waals surface area contributed by atoms with Gasteiger partial charge in [0.05, 0.1) is 17.0 Å². The van der Waals surface area contributed by atoms with E-state index in [1.165, 1.54) is 15.0 Å². The number of hydrogen-bond acceptors (Lipinski definition) is 5. The Balaban J connectivity index is 2.40. The molecule has 1 aromatic carbocycles. The Kier molecular flexibility index (Phi) is 5.05. The fourth-order valence-corrected chi connectivity index (χ4v) is 3.10. The number of nitrogens with zero attached hydrogens (tertiary/aromatic N) is 5. The summed E-state index contributed by atoms with van der Waals surface area (Å²) in [5, 5.41) is 16.3. The number of nitriles is 1. The molecule has 1 N–H and O–H groups in total. The van der Waals surface area contributed by atoms with Gasteiger partial charge in [-0.3, -0.25) is 14.2 Å². The number of hydrogen-bond donors (Lipinski definition) is 1. The molecule has 0 radical (unpaired) electrons. The summed E-state index contributed by atoms with van der Waals surface area (Å²) in [4.78, 5) is 38.3. The highest BCUT2D eigenvalue weighted by molar-refractivity contribution is 5.98. The van der Waals surface area contributed by atoms with Crippen LogP contribution in [0.25, 0.3) is 16.7 Å². The van der Waals surface area contributed by atoms with Crippen LogP contribution in [0.3, 0.4) is 0 Å². The highest BCUT2D eigenvalue weighted by Crippen LogP contribution is 2.15. The molecule has 0 fully saturated rings. The van der Waals surface area contributed by atoms with Gasteiger partial charge in [0, 0.05) is 18.2 Å². The maximum absolute atomic E-state index is 13.0. The third-order valence-corrected chi connectivity index (χ3v) is 4.23. The highest BCUT2D eigenvalue weighted by Gasteiger charge is 2.19. The van der Waals surface area contributed by atoms with E-state index in [0.29, 0.717) is 23.0 Å². The topological polar surface area (TPSA) is 114 Å². The van der Waals surface area contributed by atoms with E-state index in [2.05, 4.69) is 10.4 Å². The molecule has 0 saturated carbocycles. The number of aromatic nitrogens is 4. The van der Waals surface area contributed by atoms with Crippen LogP contribution in [0.4, 0.5) is 0 Å². The lowest BCUT2D eigenvalue weighted by atomic mass is 10.1. The monoisotopic (exact) mass is 382 g/mol. The zero-order chi connectivity index (χ0) is 20.6. The molecule has 2 aromatic heterocycles. The molecular weight excluding hydrogens is 360 g/mol. The van der Waals surface area contributed by atoms with E-state index in [1.807, 2.05) is 33.8 Å². The normalized spacial score (nSPS) is 11.5. The minimum atomic E-state index is -0.527. The molecule has 0 aliphatic heterocycles. The van der Waals surface area contributed by atoms with Gasteiger partial charge >= 0.3 is 5.69 Å². The Hall–Kier alpha value is -3.41. The van der Waals surface area contributed by atoms with Gasteiger partial charge in [0.1, 0.15) is 6.54 Å². The van der Waals surface area contributed by atoms with Crippen molar-refractivity contribution in [2.24, 2.45) is 5.92 Å². The average Bonchev–Trinajstić information content (AvgIpc) is 2.94. The number of carbonyl (C=O) groups excluding carboxylic acids is 1. The smallest absolute Gasteiger partial charge is 0.350 e. The molecule has 2 heterocycles. The highest BCUT2D eigenvalue weighted by atomic mass is 16.2. The van der Waals surface area contributed by atoms with E-state index in [0.717, 1.165) is 4.68 Å². The Morgan fingerprint density at radius 1 is 1.25 bits per heavy atom. The van der Waals surface area contributed by atoms with Gasteiger partial charge in [-0.1, -0.05) is 13.8 Å². The van der Waals surface area contributed by atoms with Crippen molar-refractivity contribution in [1.82, 2.24) is 24.1 Å². The molecule has 9 nitrogen and oxygen atoms in total. The van der Waals surface area contributed by atoms with E-state index in [4.69, 9.17) is 5.26 Å². The first-order valence-electron chi connectivity index (χ1n) is 9.08. The second kappa shape index (κ2) is 7.31. The summed E-state index contributed by atoms with van der Waals surface area (Å²) in [5.41, 5.74) is -0.185. The summed E-state index contributed by atoms with van der Waals surface area (Å²) in [6.07, 6.45) is 0. The molecule has 28 heavy (non-hydrogen) atoms. The number of rotatable bonds is 5. The van der Waals surface area contributed by atoms with Crippen LogP contribution in [0.15, 0.2) is 27.8 Å². The quantitative estimate of drug-likeness (QED) is 0.710. The van der Waals surface area contributed by atoms with Crippen LogP contribution in [-0.2, 0) is 13.1 Å². The van der Waals surface area contributed by atoms with Gasteiger partial charge in [0.2, 0.25) is 5.78 Å². The van der Waals surface area contributed by atoms with Gasteiger partial charge in [0.15, 0.2) is 0 Å². The SMILES string of the molecule is CC(C)Cn1c(=O)c2ccc(C(=O)NC(C)C)cc2n2c(=O)n(CC#N)nc12. The number of benzene rings is 1. The third-order valence-electron chi connectivity index (χ3n) is 4.23. The molecule has 0 aliphatic rings. The minimum absolute atomic E-state index is 0.0524. The van der Waals surface area contributed by atoms with Crippen LogP contribution >= 0.6 is 0 Å². The first-order valence-corrected chi connectivity index (χ1v) is 9.08. The summed E-state index contributed by atoms with van der Waals surface area (Å²) < 4.78 is 3.75. The number of nitrogens with one attached hydrogen (secondary N) is 1. The van der Waals surface area contributed by atoms with Gasteiger partial charge in [-0.15, -0.1) is 5.10 Å². The van der Waals surface area contributed by atoms with E-state index in [1.54, 1.807) is 12.1 Å². The lowest BCUT2D eigenvalue weighted by molar-refractivity contribution is 0.0943. The molecule has 146 valence electrons. The standard InChI is InChI=1S/C19H22N6O3/c1-11(2)10-23-17(27)14-6-5-13(16(26)21-12(3)4)9-15(14)25-18(23)22-24(8-7-20)19(25)28/h5-6,9,11-12H,8,10H2,1-4H3,(H,21,26). The Morgan fingerprint density at radius 3 is 2.57 bits per heavy atom. The van der Waals surface area contributed by atoms with Crippen molar-refractivity contribution < 1.29 is 4.79 Å². The van der Waals surface area contributed by atoms with Gasteiger partial charge in [0.25, 0.3) is 11.5 Å². The summed E-state index contributed by atoms with van der Waals surface area (Å²) in [6.45, 7) is 7.74. The fraction of sp³-hybridized carbons (Fsp3) is 0.421. The molecule has 3 rings (SSSR count). The van der Waals surface area contributed by atoms with Gasteiger partial charge in [-0.25, -0.2) is 9.20 Å². The second-order valence-electron chi connectivity index (χ2n) is 7.40. The van der Waals surface area contributed by atoms with Gasteiger partial charge in [-0.2, -0.15) is 9.94 Å². The van der Waals surface area contributed by atoms with E-state index in [9.17, 15) is 14.4 Å². The molecule has 0 aliphatic carbocycles. The lowest BCUT2D eigenvalue weighted by Crippen LogP contribution is -2.31. The lowest BCUT2D eigenvalue weighted by Gasteiger charge is -2.13. The molecular formula is C19H22N6O3. The van der Waals surface area contributed by atoms with Crippen LogP contribution in [0.1, 0.15) is 38.1 Å². The molecule has 0 unspecified atom stereocenters. The van der Waals surface area contributed by atoms with E-state index >= 15 is 0 Å². The van der Waals surface area contributed by atoms with Crippen LogP contribution in [0.5, 0.6) is 0 Å². The van der Waals surface area contributed by atoms with Crippen molar-refractivity contribution in [3.8, 4) is 6.07 Å². The van der Waals surface area contributed by atoms with Gasteiger partial charge in [-0.05, 0) is 38.0 Å². The van der Waals surface area contributed by atoms with E-state index < -0.39 is 5.69 Å². The number of carbonyl (C=O) groups is 1. The van der Waals surface area contributed by atoms with Crippen molar-refractivity contribution in [2.75, 3.05) is 0 Å². The fourth-order valence-electron chi connectivity index (χ4n) is 3.10. The van der Waals surface area contributed by atoms with Crippen LogP contribution in [0.2, 0.25) is 0 Å². The van der Waals surface area contributed by atoms with Crippen molar-refractivity contribution >= 4 is 22.6 Å². The first-order chi connectivity index (χ1) is 13.2. The minimum Gasteiger partial charge on any atom is -0.350 e. The molecule has 3 aromatic rings. The summed E-state index contributed by atoms with van der Waals surface area (Å²) >= 11 is 0. The van der Waals surface area contributed by atoms with Crippen LogP contribution < -0.4 is 16.6 Å². The number of amides is 1. The van der Waals surface area contributed by atoms with Crippen LogP contribution in [0, 0.1) is 17.2 Å².